The quantitative estimate of drug-likeness (QED) is 0.326. The molecule has 0 radical (unpaired) electrons. The van der Waals surface area contributed by atoms with E-state index in [9.17, 15) is 28.0 Å². The second-order valence-electron chi connectivity index (χ2n) is 10.4. The fourth-order valence-corrected chi connectivity index (χ4v) is 4.98. The number of halogens is 3. The van der Waals surface area contributed by atoms with E-state index in [-0.39, 0.29) is 34.8 Å². The number of anilines is 1. The fourth-order valence-electron chi connectivity index (χ4n) is 4.98. The van der Waals surface area contributed by atoms with Crippen molar-refractivity contribution >= 4 is 17.5 Å². The molecule has 1 aliphatic heterocycles. The van der Waals surface area contributed by atoms with Gasteiger partial charge in [0, 0.05) is 36.0 Å². The van der Waals surface area contributed by atoms with Gasteiger partial charge in [-0.15, -0.1) is 0 Å². The lowest BCUT2D eigenvalue weighted by atomic mass is 10.1. The summed E-state index contributed by atoms with van der Waals surface area (Å²) in [4.78, 5) is 61.8. The van der Waals surface area contributed by atoms with Crippen molar-refractivity contribution in [2.24, 2.45) is 5.92 Å². The summed E-state index contributed by atoms with van der Waals surface area (Å²) in [5.41, 5.74) is -1.23. The molecule has 0 atom stereocenters. The SMILES string of the molecule is O=C(Nc1ccc(Oc2ncnc3c2CCN(C(=O)C2CC2)C3)c(F)c1)c1cn(CCF)c(=O)n(-c2ccc(F)cc2)c1=O. The maximum atomic E-state index is 15.1. The van der Waals surface area contributed by atoms with Crippen molar-refractivity contribution in [3.63, 3.8) is 0 Å². The molecule has 3 heterocycles. The first-order valence-electron chi connectivity index (χ1n) is 13.8. The third-order valence-electron chi connectivity index (χ3n) is 7.41. The summed E-state index contributed by atoms with van der Waals surface area (Å²) in [5.74, 6) is -2.28. The van der Waals surface area contributed by atoms with Crippen molar-refractivity contribution in [2.45, 2.75) is 32.4 Å². The van der Waals surface area contributed by atoms with Crippen LogP contribution in [0.4, 0.5) is 18.9 Å². The van der Waals surface area contributed by atoms with Crippen molar-refractivity contribution in [3.05, 3.63) is 104 Å². The average molecular weight is 607 g/mol. The number of hydrogen-bond donors (Lipinski definition) is 1. The number of aromatic nitrogens is 4. The fraction of sp³-hybridized carbons (Fsp3) is 0.267. The van der Waals surface area contributed by atoms with Crippen LogP contribution in [-0.4, -0.2) is 49.0 Å². The van der Waals surface area contributed by atoms with Gasteiger partial charge in [0.2, 0.25) is 11.8 Å². The van der Waals surface area contributed by atoms with E-state index >= 15 is 4.39 Å². The number of aryl methyl sites for hydroxylation is 1. The van der Waals surface area contributed by atoms with Gasteiger partial charge in [-0.3, -0.25) is 19.0 Å². The molecule has 0 unspecified atom stereocenters. The van der Waals surface area contributed by atoms with Crippen LogP contribution in [0.25, 0.3) is 5.69 Å². The molecule has 2 aromatic carbocycles. The van der Waals surface area contributed by atoms with Gasteiger partial charge in [-0.25, -0.2) is 32.5 Å². The van der Waals surface area contributed by atoms with E-state index in [1.54, 1.807) is 4.90 Å². The van der Waals surface area contributed by atoms with Crippen molar-refractivity contribution < 1.29 is 27.5 Å². The molecule has 1 saturated carbocycles. The molecule has 1 N–H and O–H groups in total. The van der Waals surface area contributed by atoms with E-state index < -0.39 is 47.6 Å². The van der Waals surface area contributed by atoms with E-state index in [0.717, 1.165) is 41.8 Å². The topological polar surface area (TPSA) is 128 Å². The minimum absolute atomic E-state index is 0.0228. The third-order valence-corrected chi connectivity index (χ3v) is 7.41. The van der Waals surface area contributed by atoms with E-state index in [1.807, 2.05) is 0 Å². The summed E-state index contributed by atoms with van der Waals surface area (Å²) >= 11 is 0. The predicted octanol–water partition coefficient (Wildman–Crippen LogP) is 3.38. The summed E-state index contributed by atoms with van der Waals surface area (Å²) < 4.78 is 49.0. The van der Waals surface area contributed by atoms with Gasteiger partial charge in [0.1, 0.15) is 24.4 Å². The Bertz CT molecular complexity index is 1890. The molecule has 4 aromatic rings. The first kappa shape index (κ1) is 28.8. The number of fused-ring (bicyclic) bond motifs is 1. The number of nitrogens with zero attached hydrogens (tertiary/aromatic N) is 5. The molecule has 0 saturated heterocycles. The monoisotopic (exact) mass is 606 g/mol. The maximum absolute atomic E-state index is 15.1. The van der Waals surface area contributed by atoms with Gasteiger partial charge < -0.3 is 15.0 Å². The van der Waals surface area contributed by atoms with Crippen LogP contribution in [0.1, 0.15) is 34.5 Å². The molecule has 44 heavy (non-hydrogen) atoms. The van der Waals surface area contributed by atoms with Gasteiger partial charge in [0.15, 0.2) is 11.6 Å². The zero-order valence-corrected chi connectivity index (χ0v) is 23.1. The number of ether oxygens (including phenoxy) is 1. The first-order chi connectivity index (χ1) is 21.2. The number of hydrogen-bond acceptors (Lipinski definition) is 7. The second-order valence-corrected chi connectivity index (χ2v) is 10.4. The number of alkyl halides is 1. The lowest BCUT2D eigenvalue weighted by molar-refractivity contribution is -0.133. The molecule has 2 aromatic heterocycles. The van der Waals surface area contributed by atoms with Crippen molar-refractivity contribution in [3.8, 4) is 17.3 Å². The van der Waals surface area contributed by atoms with Crippen LogP contribution in [0.3, 0.4) is 0 Å². The Balaban J connectivity index is 1.22. The molecule has 2 amide bonds. The van der Waals surface area contributed by atoms with E-state index in [1.165, 1.54) is 30.6 Å². The lowest BCUT2D eigenvalue weighted by Crippen LogP contribution is -2.42. The van der Waals surface area contributed by atoms with Crippen molar-refractivity contribution in [1.29, 1.82) is 0 Å². The highest BCUT2D eigenvalue weighted by Crippen LogP contribution is 2.35. The molecule has 11 nitrogen and oxygen atoms in total. The first-order valence-corrected chi connectivity index (χ1v) is 13.8. The zero-order valence-electron chi connectivity index (χ0n) is 23.1. The van der Waals surface area contributed by atoms with Gasteiger partial charge in [-0.1, -0.05) is 0 Å². The minimum atomic E-state index is -1.03. The number of rotatable bonds is 8. The van der Waals surface area contributed by atoms with Crippen LogP contribution in [0.15, 0.2) is 64.6 Å². The number of carbonyl (C=O) groups excluding carboxylic acids is 2. The second kappa shape index (κ2) is 11.8. The van der Waals surface area contributed by atoms with E-state index in [4.69, 9.17) is 4.74 Å². The Hall–Kier alpha value is -5.27. The normalized spacial score (nSPS) is 14.2. The van der Waals surface area contributed by atoms with Crippen LogP contribution in [0.5, 0.6) is 11.6 Å². The largest absolute Gasteiger partial charge is 0.436 e. The number of carbonyl (C=O) groups is 2. The predicted molar refractivity (Wildman–Crippen MR) is 151 cm³/mol. The molecular weight excluding hydrogens is 581 g/mol. The van der Waals surface area contributed by atoms with Crippen LogP contribution in [-0.2, 0) is 24.3 Å². The molecule has 1 fully saturated rings. The molecule has 14 heteroatoms. The molecule has 0 bridgehead atoms. The van der Waals surface area contributed by atoms with Crippen molar-refractivity contribution in [2.75, 3.05) is 18.5 Å². The third kappa shape index (κ3) is 5.70. The smallest absolute Gasteiger partial charge is 0.335 e. The summed E-state index contributed by atoms with van der Waals surface area (Å²) in [7, 11) is 0. The molecule has 0 spiro atoms. The Morgan fingerprint density at radius 2 is 1.82 bits per heavy atom. The Labute approximate surface area is 247 Å². The number of amides is 2. The highest BCUT2D eigenvalue weighted by molar-refractivity contribution is 6.03. The van der Waals surface area contributed by atoms with Gasteiger partial charge >= 0.3 is 5.69 Å². The highest BCUT2D eigenvalue weighted by atomic mass is 19.1. The Kier molecular flexibility index (Phi) is 7.72. The van der Waals surface area contributed by atoms with E-state index in [0.29, 0.717) is 35.3 Å². The zero-order chi connectivity index (χ0) is 31.0. The number of nitrogens with one attached hydrogen (secondary N) is 1. The van der Waals surface area contributed by atoms with Crippen molar-refractivity contribution in [1.82, 2.24) is 24.0 Å². The van der Waals surface area contributed by atoms with Crippen LogP contribution < -0.4 is 21.3 Å². The summed E-state index contributed by atoms with van der Waals surface area (Å²) in [6.07, 6.45) is 4.45. The average Bonchev–Trinajstić information content (AvgIpc) is 3.86. The number of benzene rings is 2. The van der Waals surface area contributed by atoms with E-state index in [2.05, 4.69) is 15.3 Å². The van der Waals surface area contributed by atoms with Crippen LogP contribution >= 0.6 is 0 Å². The van der Waals surface area contributed by atoms with Gasteiger partial charge in [0.25, 0.3) is 11.5 Å². The Morgan fingerprint density at radius 3 is 2.52 bits per heavy atom. The molecular formula is C30H25F3N6O5. The lowest BCUT2D eigenvalue weighted by Gasteiger charge is -2.28. The summed E-state index contributed by atoms with van der Waals surface area (Å²) in [6.45, 7) is -0.607. The van der Waals surface area contributed by atoms with Gasteiger partial charge in [-0.05, 0) is 55.7 Å². The molecule has 6 rings (SSSR count). The molecule has 1 aliphatic carbocycles. The standard InChI is InChI=1S/C30H25F3N6O5/c31-10-12-38-14-22(29(42)39(30(38)43)20-6-3-18(32)4-7-20)26(40)36-19-5-8-25(23(33)13-19)44-27-21-9-11-37(28(41)17-1-2-17)15-24(21)34-16-35-27/h3-8,13-14,16-17H,1-2,9-12,15H2,(H,36,40). The maximum Gasteiger partial charge on any atom is 0.335 e. The molecule has 2 aliphatic rings. The Morgan fingerprint density at radius 1 is 1.05 bits per heavy atom. The summed E-state index contributed by atoms with van der Waals surface area (Å²) in [6, 6.07) is 8.00. The highest BCUT2D eigenvalue weighted by Gasteiger charge is 2.35. The van der Waals surface area contributed by atoms with Crippen LogP contribution in [0.2, 0.25) is 0 Å². The minimum Gasteiger partial charge on any atom is -0.436 e. The van der Waals surface area contributed by atoms with Gasteiger partial charge in [-0.2, -0.15) is 0 Å². The van der Waals surface area contributed by atoms with Gasteiger partial charge in [0.05, 0.1) is 24.5 Å². The van der Waals surface area contributed by atoms with Crippen LogP contribution in [0, 0.1) is 17.6 Å². The summed E-state index contributed by atoms with van der Waals surface area (Å²) in [5, 5.41) is 2.41. The molecule has 226 valence electrons.